The highest BCUT2D eigenvalue weighted by molar-refractivity contribution is 6.10. The summed E-state index contributed by atoms with van der Waals surface area (Å²) in [6.07, 6.45) is 6.24. The van der Waals surface area contributed by atoms with Crippen LogP contribution in [0.15, 0.2) is 67.1 Å². The molecule has 2 N–H and O–H groups in total. The zero-order chi connectivity index (χ0) is 39.0. The number of ether oxygens (including phenoxy) is 1. The predicted molar refractivity (Wildman–Crippen MR) is 205 cm³/mol. The van der Waals surface area contributed by atoms with Crippen molar-refractivity contribution >= 4 is 56.6 Å². The molecule has 3 aromatic heterocycles. The highest BCUT2D eigenvalue weighted by atomic mass is 19.4. The molecule has 1 saturated carbocycles. The zero-order valence-corrected chi connectivity index (χ0v) is 30.9. The summed E-state index contributed by atoms with van der Waals surface area (Å²) in [5.41, 5.74) is 1.35. The number of urea groups is 1. The van der Waals surface area contributed by atoms with Gasteiger partial charge in [0.25, 0.3) is 5.91 Å². The predicted octanol–water partition coefficient (Wildman–Crippen LogP) is 6.65. The Balaban J connectivity index is 0.862. The van der Waals surface area contributed by atoms with Crippen LogP contribution in [0.4, 0.5) is 35.0 Å². The quantitative estimate of drug-likeness (QED) is 0.178. The van der Waals surface area contributed by atoms with Gasteiger partial charge in [0.1, 0.15) is 17.1 Å². The number of pyridine rings is 2. The van der Waals surface area contributed by atoms with Crippen molar-refractivity contribution in [2.45, 2.75) is 50.7 Å². The Labute approximate surface area is 320 Å². The summed E-state index contributed by atoms with van der Waals surface area (Å²) in [5.74, 6) is -0.109. The normalized spacial score (nSPS) is 19.9. The van der Waals surface area contributed by atoms with E-state index in [4.69, 9.17) is 9.84 Å². The zero-order valence-electron chi connectivity index (χ0n) is 30.9. The first kappa shape index (κ1) is 37.2. The molecule has 0 unspecified atom stereocenters. The van der Waals surface area contributed by atoms with Gasteiger partial charge >= 0.3 is 12.2 Å². The van der Waals surface area contributed by atoms with Crippen molar-refractivity contribution in [3.05, 3.63) is 78.5 Å². The van der Waals surface area contributed by atoms with Gasteiger partial charge < -0.3 is 19.9 Å². The minimum absolute atomic E-state index is 0.228. The number of carbonyl (C=O) groups excluding carboxylic acids is 3. The van der Waals surface area contributed by atoms with Gasteiger partial charge in [0.15, 0.2) is 0 Å². The number of hydrogen-bond donors (Lipinski definition) is 2. The third kappa shape index (κ3) is 7.83. The van der Waals surface area contributed by atoms with Crippen LogP contribution in [0.3, 0.4) is 0 Å². The number of hydrogen-bond acceptors (Lipinski definition) is 9. The Morgan fingerprint density at radius 2 is 1.80 bits per heavy atom. The lowest BCUT2D eigenvalue weighted by molar-refractivity contribution is -0.141. The summed E-state index contributed by atoms with van der Waals surface area (Å²) < 4.78 is 47.0. The molecule has 292 valence electrons. The molecule has 56 heavy (non-hydrogen) atoms. The number of rotatable bonds is 8. The molecule has 0 bridgehead atoms. The number of carbonyl (C=O) groups is 3. The number of nitrogens with one attached hydrogen (secondary N) is 2. The van der Waals surface area contributed by atoms with E-state index in [1.807, 2.05) is 23.1 Å². The van der Waals surface area contributed by atoms with Crippen molar-refractivity contribution in [2.75, 3.05) is 61.5 Å². The average molecular weight is 770 g/mol. The second-order valence-electron chi connectivity index (χ2n) is 14.7. The van der Waals surface area contributed by atoms with Gasteiger partial charge in [-0.25, -0.2) is 9.78 Å². The van der Waals surface area contributed by atoms with Crippen LogP contribution in [-0.2, 0) is 11.0 Å². The number of methoxy groups -OCH3 is 1. The molecule has 0 radical (unpaired) electrons. The van der Waals surface area contributed by atoms with E-state index < -0.39 is 23.8 Å². The molecule has 1 aliphatic carbocycles. The molecule has 8 rings (SSSR count). The first-order chi connectivity index (χ1) is 27.0. The fourth-order valence-electron chi connectivity index (χ4n) is 8.15. The number of amides is 4. The molecule has 13 nitrogen and oxygen atoms in total. The van der Waals surface area contributed by atoms with Crippen molar-refractivity contribution < 1.29 is 32.3 Å². The Hall–Kier alpha value is -5.77. The maximum absolute atomic E-state index is 13.2. The van der Waals surface area contributed by atoms with Crippen molar-refractivity contribution in [3.8, 4) is 5.75 Å². The van der Waals surface area contributed by atoms with Gasteiger partial charge in [0.2, 0.25) is 5.91 Å². The van der Waals surface area contributed by atoms with Crippen LogP contribution < -0.4 is 25.2 Å². The smallest absolute Gasteiger partial charge is 0.433 e. The maximum Gasteiger partial charge on any atom is 0.433 e. The molecule has 2 aromatic carbocycles. The van der Waals surface area contributed by atoms with Crippen LogP contribution >= 0.6 is 0 Å². The third-order valence-electron chi connectivity index (χ3n) is 11.1. The van der Waals surface area contributed by atoms with Gasteiger partial charge in [-0.1, -0.05) is 12.1 Å². The maximum atomic E-state index is 13.2. The molecular formula is C40H42F3N9O4. The van der Waals surface area contributed by atoms with E-state index in [2.05, 4.69) is 42.5 Å². The summed E-state index contributed by atoms with van der Waals surface area (Å²) in [5, 5.41) is 12.5. The van der Waals surface area contributed by atoms with Crippen molar-refractivity contribution in [3.63, 3.8) is 0 Å². The summed E-state index contributed by atoms with van der Waals surface area (Å²) in [6, 6.07) is 12.8. The topological polar surface area (TPSA) is 138 Å². The fourth-order valence-corrected chi connectivity index (χ4v) is 8.15. The lowest BCUT2D eigenvalue weighted by Crippen LogP contribution is -2.49. The Morgan fingerprint density at radius 1 is 0.964 bits per heavy atom. The number of imide groups is 1. The van der Waals surface area contributed by atoms with E-state index in [-0.39, 0.29) is 24.1 Å². The van der Waals surface area contributed by atoms with Crippen LogP contribution in [0.5, 0.6) is 5.75 Å². The number of fused-ring (bicyclic) bond motifs is 2. The Kier molecular flexibility index (Phi) is 10.2. The van der Waals surface area contributed by atoms with Crippen molar-refractivity contribution in [1.82, 2.24) is 30.0 Å². The van der Waals surface area contributed by atoms with E-state index >= 15 is 0 Å². The molecule has 4 amide bonds. The van der Waals surface area contributed by atoms with Crippen LogP contribution in [-0.4, -0.2) is 88.9 Å². The van der Waals surface area contributed by atoms with Crippen molar-refractivity contribution in [2.24, 2.45) is 5.92 Å². The first-order valence-electron chi connectivity index (χ1n) is 18.9. The number of aromatic nitrogens is 4. The van der Waals surface area contributed by atoms with Crippen LogP contribution in [0.1, 0.15) is 60.7 Å². The molecule has 5 heterocycles. The van der Waals surface area contributed by atoms with E-state index in [1.165, 1.54) is 13.2 Å². The monoisotopic (exact) mass is 769 g/mol. The van der Waals surface area contributed by atoms with Crippen molar-refractivity contribution in [1.29, 1.82) is 0 Å². The third-order valence-corrected chi connectivity index (χ3v) is 11.1. The molecule has 2 aliphatic heterocycles. The van der Waals surface area contributed by atoms with Crippen LogP contribution in [0.2, 0.25) is 0 Å². The lowest BCUT2D eigenvalue weighted by Gasteiger charge is -2.32. The molecular weight excluding hydrogens is 727 g/mol. The summed E-state index contributed by atoms with van der Waals surface area (Å²) in [6.45, 7) is 5.24. The number of nitrogens with zero attached hydrogens (tertiary/aromatic N) is 7. The molecule has 16 heteroatoms. The Bertz CT molecular complexity index is 2290. The van der Waals surface area contributed by atoms with Gasteiger partial charge in [-0.05, 0) is 74.9 Å². The second kappa shape index (κ2) is 15.4. The van der Waals surface area contributed by atoms with E-state index in [1.54, 1.807) is 23.2 Å². The van der Waals surface area contributed by atoms with E-state index in [0.717, 1.165) is 98.8 Å². The molecule has 0 atom stereocenters. The highest BCUT2D eigenvalue weighted by Gasteiger charge is 2.33. The number of anilines is 3. The van der Waals surface area contributed by atoms with E-state index in [9.17, 15) is 27.6 Å². The van der Waals surface area contributed by atoms with Crippen LogP contribution in [0.25, 0.3) is 21.7 Å². The average Bonchev–Trinajstić information content (AvgIpc) is 3.46. The van der Waals surface area contributed by atoms with Gasteiger partial charge in [0.05, 0.1) is 36.2 Å². The van der Waals surface area contributed by atoms with E-state index in [0.29, 0.717) is 35.1 Å². The van der Waals surface area contributed by atoms with Gasteiger partial charge in [0, 0.05) is 79.5 Å². The van der Waals surface area contributed by atoms with Crippen LogP contribution in [0, 0.1) is 5.92 Å². The number of halogens is 3. The van der Waals surface area contributed by atoms with Gasteiger partial charge in [-0.2, -0.15) is 18.3 Å². The fraction of sp³-hybridized carbons (Fsp3) is 0.400. The minimum Gasteiger partial charge on any atom is -0.494 e. The Morgan fingerprint density at radius 3 is 2.59 bits per heavy atom. The molecule has 2 saturated heterocycles. The molecule has 3 aliphatic rings. The molecule has 0 spiro atoms. The lowest BCUT2D eigenvalue weighted by atomic mass is 9.85. The summed E-state index contributed by atoms with van der Waals surface area (Å²) in [7, 11) is 1.46. The highest BCUT2D eigenvalue weighted by Crippen LogP contribution is 2.36. The first-order valence-corrected chi connectivity index (χ1v) is 18.9. The van der Waals surface area contributed by atoms with Gasteiger partial charge in [-0.15, -0.1) is 0 Å². The second-order valence-corrected chi connectivity index (χ2v) is 14.7. The number of alkyl halides is 3. The largest absolute Gasteiger partial charge is 0.494 e. The summed E-state index contributed by atoms with van der Waals surface area (Å²) in [4.78, 5) is 51.6. The summed E-state index contributed by atoms with van der Waals surface area (Å²) >= 11 is 0. The van der Waals surface area contributed by atoms with Gasteiger partial charge in [-0.3, -0.25) is 29.5 Å². The standard InChI is InChI=1S/C40H42F3N9O4/c1-56-35-20-32-27(19-33(35)46-38(54)31-4-2-5-36(45-31)40(41,42)43)24-52(48-32)28-8-6-25(7-9-28)23-49-13-3-14-50(17-16-49)29-10-11-30-26(18-29)21-44-22-34(30)51-15-12-37(53)47-39(51)55/h2,4-5,10-11,18-22,24-25,28H,3,6-9,12-17,23H2,1H3,(H,46,54)(H,47,53,55). The molecule has 5 aromatic rings. The molecule has 3 fully saturated rings. The number of benzene rings is 2. The minimum atomic E-state index is -4.66. The SMILES string of the molecule is COc1cc2nn(C3CCC(CN4CCCN(c5ccc6c(N7CCC(=O)NC7=O)cncc6c5)CC4)CC3)cc2cc1NC(=O)c1cccc(C(F)(F)F)n1.